The molecule has 33 heavy (non-hydrogen) atoms. The van der Waals surface area contributed by atoms with Crippen molar-refractivity contribution in [2.45, 2.75) is 11.8 Å². The molecule has 3 aromatic rings. The summed E-state index contributed by atoms with van der Waals surface area (Å²) < 4.78 is 37.3. The van der Waals surface area contributed by atoms with E-state index >= 15 is 0 Å². The second kappa shape index (κ2) is 9.57. The first-order chi connectivity index (χ1) is 15.8. The Morgan fingerprint density at radius 2 is 1.79 bits per heavy atom. The number of fused-ring (bicyclic) bond motifs is 1. The van der Waals surface area contributed by atoms with Crippen LogP contribution in [-0.4, -0.2) is 45.1 Å². The molecule has 2 heterocycles. The Hall–Kier alpha value is -3.48. The van der Waals surface area contributed by atoms with Crippen molar-refractivity contribution in [3.05, 3.63) is 53.4 Å². The van der Waals surface area contributed by atoms with E-state index in [1.165, 1.54) is 23.5 Å². The fourth-order valence-corrected chi connectivity index (χ4v) is 4.60. The number of hydrogen-bond donors (Lipinski definition) is 3. The lowest BCUT2D eigenvalue weighted by atomic mass is 10.1. The Balaban J connectivity index is 1.25. The average molecular weight is 489 g/mol. The number of nitrogens with one attached hydrogen (secondary N) is 3. The van der Waals surface area contributed by atoms with Crippen LogP contribution in [0, 0.1) is 6.92 Å². The Morgan fingerprint density at radius 1 is 1.03 bits per heavy atom. The van der Waals surface area contributed by atoms with Gasteiger partial charge in [0.15, 0.2) is 16.6 Å². The summed E-state index contributed by atoms with van der Waals surface area (Å²) in [5.74, 6) is 0.170. The normalized spacial score (nSPS) is 12.4. The maximum atomic E-state index is 12.2. The topological polar surface area (TPSA) is 136 Å². The second-order valence-corrected chi connectivity index (χ2v) is 9.69. The summed E-state index contributed by atoms with van der Waals surface area (Å²) >= 11 is 1.23. The number of hydrogen-bond acceptors (Lipinski definition) is 8. The molecule has 0 spiro atoms. The predicted octanol–water partition coefficient (Wildman–Crippen LogP) is 1.88. The van der Waals surface area contributed by atoms with Crippen LogP contribution >= 0.6 is 11.3 Å². The highest BCUT2D eigenvalue weighted by Gasteiger charge is 2.17. The van der Waals surface area contributed by atoms with Gasteiger partial charge in [-0.25, -0.2) is 18.1 Å². The Kier molecular flexibility index (Phi) is 6.58. The largest absolute Gasteiger partial charge is 0.454 e. The number of aromatic nitrogens is 1. The highest BCUT2D eigenvalue weighted by atomic mass is 32.2. The molecule has 2 amide bonds. The van der Waals surface area contributed by atoms with Crippen LogP contribution < -0.4 is 24.8 Å². The molecule has 10 nitrogen and oxygen atoms in total. The first-order valence-electron chi connectivity index (χ1n) is 9.78. The number of carbonyl (C=O) groups excluding carboxylic acids is 2. The molecule has 0 atom stereocenters. The summed E-state index contributed by atoms with van der Waals surface area (Å²) in [7, 11) is -3.82. The van der Waals surface area contributed by atoms with Crippen molar-refractivity contribution in [3.8, 4) is 22.8 Å². The molecule has 1 aliphatic heterocycles. The lowest BCUT2D eigenvalue weighted by molar-refractivity contribution is -0.123. The van der Waals surface area contributed by atoms with E-state index in [0.717, 1.165) is 11.1 Å². The number of carbonyl (C=O) groups is 2. The first kappa shape index (κ1) is 22.7. The molecular weight excluding hydrogens is 468 g/mol. The standard InChI is InChI=1S/C21H20N4O6S2/c1-13-2-5-15(6-3-13)33(28,29)23-10-19(26)22-9-20(27)25-21-24-16(11-32-21)14-4-7-17-18(8-14)31-12-30-17/h2-8,11,23H,9-10,12H2,1H3,(H,22,26)(H,24,25,27). The van der Waals surface area contributed by atoms with Crippen LogP contribution in [0.4, 0.5) is 5.13 Å². The number of nitrogens with zero attached hydrogens (tertiary/aromatic N) is 1. The van der Waals surface area contributed by atoms with Crippen LogP contribution in [0.5, 0.6) is 11.5 Å². The lowest BCUT2D eigenvalue weighted by Gasteiger charge is -2.08. The van der Waals surface area contributed by atoms with Crippen LogP contribution in [0.25, 0.3) is 11.3 Å². The van der Waals surface area contributed by atoms with Crippen LogP contribution in [0.15, 0.2) is 52.7 Å². The molecule has 0 unspecified atom stereocenters. The van der Waals surface area contributed by atoms with Crippen molar-refractivity contribution in [2.24, 2.45) is 0 Å². The minimum Gasteiger partial charge on any atom is -0.454 e. The molecule has 2 aromatic carbocycles. The molecule has 0 saturated carbocycles. The van der Waals surface area contributed by atoms with E-state index in [1.807, 2.05) is 13.0 Å². The maximum Gasteiger partial charge on any atom is 0.245 e. The fourth-order valence-electron chi connectivity index (χ4n) is 2.89. The van der Waals surface area contributed by atoms with Crippen molar-refractivity contribution in [1.82, 2.24) is 15.0 Å². The van der Waals surface area contributed by atoms with Gasteiger partial charge in [-0.05, 0) is 37.3 Å². The zero-order chi connectivity index (χ0) is 23.4. The van der Waals surface area contributed by atoms with Crippen molar-refractivity contribution < 1.29 is 27.5 Å². The molecular formula is C21H20N4O6S2. The van der Waals surface area contributed by atoms with E-state index in [4.69, 9.17) is 9.47 Å². The third-order valence-electron chi connectivity index (χ3n) is 4.62. The van der Waals surface area contributed by atoms with Gasteiger partial charge in [0.1, 0.15) is 0 Å². The smallest absolute Gasteiger partial charge is 0.245 e. The number of rotatable bonds is 8. The van der Waals surface area contributed by atoms with Crippen LogP contribution in [-0.2, 0) is 19.6 Å². The molecule has 4 rings (SSSR count). The summed E-state index contributed by atoms with van der Waals surface area (Å²) in [6.45, 7) is 1.20. The minimum absolute atomic E-state index is 0.0562. The molecule has 0 fully saturated rings. The van der Waals surface area contributed by atoms with Gasteiger partial charge in [0, 0.05) is 10.9 Å². The van der Waals surface area contributed by atoms with E-state index in [-0.39, 0.29) is 18.2 Å². The number of amides is 2. The monoisotopic (exact) mass is 488 g/mol. The number of benzene rings is 2. The van der Waals surface area contributed by atoms with Crippen molar-refractivity contribution in [2.75, 3.05) is 25.2 Å². The van der Waals surface area contributed by atoms with Gasteiger partial charge in [-0.2, -0.15) is 0 Å². The summed E-state index contributed by atoms with van der Waals surface area (Å²) in [5.41, 5.74) is 2.38. The van der Waals surface area contributed by atoms with Crippen LogP contribution in [0.3, 0.4) is 0 Å². The molecule has 3 N–H and O–H groups in total. The van der Waals surface area contributed by atoms with Gasteiger partial charge in [-0.1, -0.05) is 17.7 Å². The SMILES string of the molecule is Cc1ccc(S(=O)(=O)NCC(=O)NCC(=O)Nc2nc(-c3ccc4c(c3)OCO4)cs2)cc1. The van der Waals surface area contributed by atoms with Gasteiger partial charge >= 0.3 is 0 Å². The van der Waals surface area contributed by atoms with E-state index in [2.05, 4.69) is 20.3 Å². The van der Waals surface area contributed by atoms with Crippen LogP contribution in [0.2, 0.25) is 0 Å². The quantitative estimate of drug-likeness (QED) is 0.440. The maximum absolute atomic E-state index is 12.2. The molecule has 0 saturated heterocycles. The average Bonchev–Trinajstić information content (AvgIpc) is 3.45. The summed E-state index contributed by atoms with van der Waals surface area (Å²) in [6.07, 6.45) is 0. The number of aryl methyl sites for hydroxylation is 1. The van der Waals surface area contributed by atoms with Crippen molar-refractivity contribution in [1.29, 1.82) is 0 Å². The van der Waals surface area contributed by atoms with Gasteiger partial charge in [-0.3, -0.25) is 9.59 Å². The highest BCUT2D eigenvalue weighted by molar-refractivity contribution is 7.89. The summed E-state index contributed by atoms with van der Waals surface area (Å²) in [4.78, 5) is 28.5. The van der Waals surface area contributed by atoms with Crippen molar-refractivity contribution in [3.63, 3.8) is 0 Å². The van der Waals surface area contributed by atoms with Gasteiger partial charge in [0.05, 0.1) is 23.7 Å². The summed E-state index contributed by atoms with van der Waals surface area (Å²) in [5, 5.41) is 7.12. The van der Waals surface area contributed by atoms with Gasteiger partial charge < -0.3 is 20.1 Å². The highest BCUT2D eigenvalue weighted by Crippen LogP contribution is 2.36. The van der Waals surface area contributed by atoms with E-state index in [0.29, 0.717) is 22.3 Å². The number of ether oxygens (including phenoxy) is 2. The van der Waals surface area contributed by atoms with Crippen LogP contribution in [0.1, 0.15) is 5.56 Å². The minimum atomic E-state index is -3.82. The second-order valence-electron chi connectivity index (χ2n) is 7.07. The van der Waals surface area contributed by atoms with Gasteiger partial charge in [-0.15, -0.1) is 11.3 Å². The Labute approximate surface area is 194 Å². The van der Waals surface area contributed by atoms with Gasteiger partial charge in [0.25, 0.3) is 0 Å². The molecule has 1 aliphatic rings. The van der Waals surface area contributed by atoms with E-state index in [1.54, 1.807) is 29.6 Å². The van der Waals surface area contributed by atoms with Gasteiger partial charge in [0.2, 0.25) is 28.6 Å². The lowest BCUT2D eigenvalue weighted by Crippen LogP contribution is -2.40. The predicted molar refractivity (Wildman–Crippen MR) is 122 cm³/mol. The molecule has 0 aliphatic carbocycles. The zero-order valence-electron chi connectivity index (χ0n) is 17.5. The third-order valence-corrected chi connectivity index (χ3v) is 6.79. The van der Waals surface area contributed by atoms with E-state index < -0.39 is 28.4 Å². The third kappa shape index (κ3) is 5.66. The number of sulfonamides is 1. The van der Waals surface area contributed by atoms with Crippen molar-refractivity contribution >= 4 is 38.3 Å². The molecule has 172 valence electrons. The zero-order valence-corrected chi connectivity index (χ0v) is 19.1. The summed E-state index contributed by atoms with van der Waals surface area (Å²) in [6, 6.07) is 11.7. The Bertz CT molecular complexity index is 1290. The fraction of sp³-hybridized carbons (Fsp3) is 0.190. The molecule has 0 bridgehead atoms. The first-order valence-corrected chi connectivity index (χ1v) is 12.1. The molecule has 0 radical (unpaired) electrons. The Morgan fingerprint density at radius 3 is 2.58 bits per heavy atom. The number of anilines is 1. The molecule has 12 heteroatoms. The molecule has 1 aromatic heterocycles. The number of thiazole rings is 1. The van der Waals surface area contributed by atoms with E-state index in [9.17, 15) is 18.0 Å².